The van der Waals surface area contributed by atoms with Crippen LogP contribution in [-0.4, -0.2) is 38.5 Å². The topological polar surface area (TPSA) is 81.0 Å². The third kappa shape index (κ3) is 2.66. The van der Waals surface area contributed by atoms with E-state index in [0.717, 1.165) is 0 Å². The lowest BCUT2D eigenvalue weighted by Gasteiger charge is -2.12. The number of nitrogens with zero attached hydrogens (tertiary/aromatic N) is 1. The highest BCUT2D eigenvalue weighted by atomic mass is 32.1. The van der Waals surface area contributed by atoms with Crippen LogP contribution < -0.4 is 0 Å². The molecule has 0 aromatic rings. The van der Waals surface area contributed by atoms with Gasteiger partial charge in [0.25, 0.3) is 0 Å². The molecule has 0 saturated heterocycles. The van der Waals surface area contributed by atoms with Crippen LogP contribution in [0, 0.1) is 0 Å². The minimum absolute atomic E-state index is 0.150. The van der Waals surface area contributed by atoms with Gasteiger partial charge in [0.05, 0.1) is 0 Å². The van der Waals surface area contributed by atoms with Crippen LogP contribution in [0.25, 0.3) is 0 Å². The molecule has 54 valence electrons. The van der Waals surface area contributed by atoms with Crippen LogP contribution >= 0.6 is 12.6 Å². The Morgan fingerprint density at radius 2 is 2.11 bits per heavy atom. The van der Waals surface area contributed by atoms with Gasteiger partial charge >= 0.3 is 5.97 Å². The summed E-state index contributed by atoms with van der Waals surface area (Å²) in [6.45, 7) is 0. The van der Waals surface area contributed by atoms with Crippen LogP contribution in [0.4, 0.5) is 0 Å². The second-order valence-electron chi connectivity index (χ2n) is 1.36. The van der Waals surface area contributed by atoms with Gasteiger partial charge in [0, 0.05) is 5.75 Å². The molecule has 3 N–H and O–H groups in total. The Morgan fingerprint density at radius 3 is 2.11 bits per heavy atom. The van der Waals surface area contributed by atoms with E-state index in [-0.39, 0.29) is 11.0 Å². The molecule has 0 aliphatic rings. The van der Waals surface area contributed by atoms with Crippen molar-refractivity contribution in [3.05, 3.63) is 0 Å². The van der Waals surface area contributed by atoms with E-state index in [9.17, 15) is 4.79 Å². The summed E-state index contributed by atoms with van der Waals surface area (Å²) in [6.07, 6.45) is 0. The van der Waals surface area contributed by atoms with Crippen molar-refractivity contribution in [2.75, 3.05) is 5.75 Å². The van der Waals surface area contributed by atoms with Gasteiger partial charge in [0.15, 0.2) is 6.04 Å². The first-order valence-electron chi connectivity index (χ1n) is 2.10. The SMILES string of the molecule is O=C(O)[C@H](CS)N(O)O. The fraction of sp³-hybridized carbons (Fsp3) is 0.667. The second-order valence-corrected chi connectivity index (χ2v) is 1.72. The summed E-state index contributed by atoms with van der Waals surface area (Å²) >= 11 is 3.55. The molecule has 0 aromatic carbocycles. The molecule has 9 heavy (non-hydrogen) atoms. The Balaban J connectivity index is 3.83. The zero-order chi connectivity index (χ0) is 7.44. The van der Waals surface area contributed by atoms with Crippen molar-refractivity contribution in [1.29, 1.82) is 0 Å². The molecule has 0 aliphatic heterocycles. The van der Waals surface area contributed by atoms with Crippen molar-refractivity contribution in [2.24, 2.45) is 0 Å². The van der Waals surface area contributed by atoms with E-state index in [1.54, 1.807) is 0 Å². The number of carboxylic acid groups (broad SMARTS) is 1. The summed E-state index contributed by atoms with van der Waals surface area (Å²) in [4.78, 5) is 9.96. The third-order valence-electron chi connectivity index (χ3n) is 0.737. The summed E-state index contributed by atoms with van der Waals surface area (Å²) < 4.78 is 0. The van der Waals surface area contributed by atoms with Gasteiger partial charge in [0.1, 0.15) is 0 Å². The number of hydrogen-bond donors (Lipinski definition) is 4. The number of thiol groups is 1. The van der Waals surface area contributed by atoms with E-state index < -0.39 is 12.0 Å². The lowest BCUT2D eigenvalue weighted by Crippen LogP contribution is -2.37. The molecule has 5 nitrogen and oxygen atoms in total. The van der Waals surface area contributed by atoms with Crippen molar-refractivity contribution in [1.82, 2.24) is 5.23 Å². The number of rotatable bonds is 3. The van der Waals surface area contributed by atoms with Crippen molar-refractivity contribution in [3.63, 3.8) is 0 Å². The first kappa shape index (κ1) is 8.70. The maximum absolute atomic E-state index is 9.96. The molecule has 0 rings (SSSR count). The molecule has 6 heteroatoms. The first-order chi connectivity index (χ1) is 4.09. The van der Waals surface area contributed by atoms with Crippen molar-refractivity contribution in [3.8, 4) is 0 Å². The molecule has 1 atom stereocenters. The highest BCUT2D eigenvalue weighted by molar-refractivity contribution is 7.80. The van der Waals surface area contributed by atoms with Crippen LogP contribution in [0.3, 0.4) is 0 Å². The predicted molar refractivity (Wildman–Crippen MR) is 30.7 cm³/mol. The Hall–Kier alpha value is -0.300. The normalized spacial score (nSPS) is 13.8. The van der Waals surface area contributed by atoms with Crippen LogP contribution in [0.1, 0.15) is 0 Å². The molecule has 0 spiro atoms. The Kier molecular flexibility index (Phi) is 3.55. The van der Waals surface area contributed by atoms with Crippen LogP contribution in [0.2, 0.25) is 0 Å². The number of carboxylic acids is 1. The zero-order valence-corrected chi connectivity index (χ0v) is 5.32. The van der Waals surface area contributed by atoms with E-state index in [0.29, 0.717) is 0 Å². The highest BCUT2D eigenvalue weighted by Gasteiger charge is 2.20. The van der Waals surface area contributed by atoms with Crippen molar-refractivity contribution < 1.29 is 20.3 Å². The van der Waals surface area contributed by atoms with E-state index in [2.05, 4.69) is 12.6 Å². The zero-order valence-electron chi connectivity index (χ0n) is 4.43. The van der Waals surface area contributed by atoms with Crippen LogP contribution in [0.5, 0.6) is 0 Å². The minimum atomic E-state index is -1.35. The maximum Gasteiger partial charge on any atom is 0.326 e. The molecular formula is C3H7NO4S. The number of hydrogen-bond acceptors (Lipinski definition) is 5. The molecular weight excluding hydrogens is 146 g/mol. The molecule has 0 amide bonds. The third-order valence-corrected chi connectivity index (χ3v) is 1.08. The number of hydroxylamine groups is 2. The highest BCUT2D eigenvalue weighted by Crippen LogP contribution is 1.94. The maximum atomic E-state index is 9.96. The van der Waals surface area contributed by atoms with Gasteiger partial charge in [-0.2, -0.15) is 12.6 Å². The summed E-state index contributed by atoms with van der Waals surface area (Å²) in [5, 5.41) is 24.0. The lowest BCUT2D eigenvalue weighted by atomic mass is 10.4. The molecule has 0 unspecified atom stereocenters. The van der Waals surface area contributed by atoms with Gasteiger partial charge in [-0.3, -0.25) is 15.2 Å². The molecule has 0 aliphatic carbocycles. The molecule has 0 aromatic heterocycles. The van der Waals surface area contributed by atoms with E-state index >= 15 is 0 Å². The smallest absolute Gasteiger partial charge is 0.326 e. The van der Waals surface area contributed by atoms with Gasteiger partial charge in [-0.15, -0.1) is 0 Å². The molecule has 0 heterocycles. The van der Waals surface area contributed by atoms with E-state index in [4.69, 9.17) is 15.5 Å². The molecule has 0 bridgehead atoms. The van der Waals surface area contributed by atoms with Gasteiger partial charge in [-0.1, -0.05) is 5.23 Å². The summed E-state index contributed by atoms with van der Waals surface area (Å²) in [5.74, 6) is -1.47. The van der Waals surface area contributed by atoms with Gasteiger partial charge in [0.2, 0.25) is 0 Å². The number of carbonyl (C=O) groups is 1. The lowest BCUT2D eigenvalue weighted by molar-refractivity contribution is -0.323. The summed E-state index contributed by atoms with van der Waals surface area (Å²) in [5.41, 5.74) is 0. The quantitative estimate of drug-likeness (QED) is 0.323. The van der Waals surface area contributed by atoms with E-state index in [1.807, 2.05) is 0 Å². The average Bonchev–Trinajstić information content (AvgIpc) is 1.64. The fourth-order valence-electron chi connectivity index (χ4n) is 0.250. The summed E-state index contributed by atoms with van der Waals surface area (Å²) in [7, 11) is 0. The first-order valence-corrected chi connectivity index (χ1v) is 2.73. The number of aliphatic carboxylic acids is 1. The predicted octanol–water partition coefficient (Wildman–Crippen LogP) is -0.550. The minimum Gasteiger partial charge on any atom is -0.480 e. The van der Waals surface area contributed by atoms with Crippen LogP contribution in [0.15, 0.2) is 0 Å². The summed E-state index contributed by atoms with van der Waals surface area (Å²) in [6, 6.07) is -1.35. The van der Waals surface area contributed by atoms with Gasteiger partial charge in [-0.25, -0.2) is 0 Å². The van der Waals surface area contributed by atoms with Crippen LogP contribution in [-0.2, 0) is 4.79 Å². The fourth-order valence-corrected chi connectivity index (χ4v) is 0.552. The molecule has 0 radical (unpaired) electrons. The Bertz CT molecular complexity index is 106. The Labute approximate surface area is 56.8 Å². The molecule has 0 fully saturated rings. The monoisotopic (exact) mass is 153 g/mol. The van der Waals surface area contributed by atoms with Crippen molar-refractivity contribution >= 4 is 18.6 Å². The Morgan fingerprint density at radius 1 is 1.67 bits per heavy atom. The standard InChI is InChI=1S/C3H7NO4S/c5-3(6)2(1-9)4(7)8/h2,7-9H,1H2,(H,5,6)/t2-/m0/s1. The second kappa shape index (κ2) is 3.67. The average molecular weight is 153 g/mol. The largest absolute Gasteiger partial charge is 0.480 e. The van der Waals surface area contributed by atoms with Crippen molar-refractivity contribution in [2.45, 2.75) is 6.04 Å². The molecule has 0 saturated carbocycles. The van der Waals surface area contributed by atoms with Gasteiger partial charge < -0.3 is 5.11 Å². The van der Waals surface area contributed by atoms with Gasteiger partial charge in [-0.05, 0) is 0 Å². The van der Waals surface area contributed by atoms with E-state index in [1.165, 1.54) is 0 Å².